The first-order chi connectivity index (χ1) is 15.4. The van der Waals surface area contributed by atoms with Crippen LogP contribution < -0.4 is 10.6 Å². The SMILES string of the molecule is COC(=O)[C@@H](Cc1cccc2ccccc12)NC(=O)[C@@H](Cc1ccccc1F)NC(C)=O. The molecule has 3 rings (SSSR count). The average Bonchev–Trinajstić information content (AvgIpc) is 2.79. The number of carbonyl (C=O) groups excluding carboxylic acids is 3. The van der Waals surface area contributed by atoms with Gasteiger partial charge in [0.05, 0.1) is 7.11 Å². The van der Waals surface area contributed by atoms with Gasteiger partial charge >= 0.3 is 5.97 Å². The maximum Gasteiger partial charge on any atom is 0.328 e. The molecule has 0 aromatic heterocycles. The Hall–Kier alpha value is -3.74. The van der Waals surface area contributed by atoms with Gasteiger partial charge in [-0.25, -0.2) is 9.18 Å². The molecule has 0 heterocycles. The summed E-state index contributed by atoms with van der Waals surface area (Å²) in [4.78, 5) is 37.2. The number of ether oxygens (including phenoxy) is 1. The summed E-state index contributed by atoms with van der Waals surface area (Å²) in [6.45, 7) is 1.27. The van der Waals surface area contributed by atoms with Crippen LogP contribution in [0, 0.1) is 5.82 Å². The summed E-state index contributed by atoms with van der Waals surface area (Å²) < 4.78 is 19.0. The highest BCUT2D eigenvalue weighted by molar-refractivity contribution is 5.91. The van der Waals surface area contributed by atoms with Gasteiger partial charge in [0.15, 0.2) is 0 Å². The molecule has 0 aliphatic heterocycles. The van der Waals surface area contributed by atoms with E-state index in [4.69, 9.17) is 4.74 Å². The van der Waals surface area contributed by atoms with Gasteiger partial charge in [0.2, 0.25) is 11.8 Å². The quantitative estimate of drug-likeness (QED) is 0.532. The Morgan fingerprint density at radius 3 is 2.19 bits per heavy atom. The summed E-state index contributed by atoms with van der Waals surface area (Å²) in [5, 5.41) is 7.19. The molecule has 2 atom stereocenters. The molecule has 0 fully saturated rings. The van der Waals surface area contributed by atoms with Crippen molar-refractivity contribution in [3.05, 3.63) is 83.7 Å². The molecule has 0 aliphatic carbocycles. The summed E-state index contributed by atoms with van der Waals surface area (Å²) in [5.74, 6) is -2.13. The lowest BCUT2D eigenvalue weighted by Gasteiger charge is -2.22. The second-order valence-electron chi connectivity index (χ2n) is 7.48. The molecule has 0 aliphatic rings. The van der Waals surface area contributed by atoms with Gasteiger partial charge in [0.1, 0.15) is 17.9 Å². The molecular formula is C25H25FN2O4. The molecule has 0 saturated carbocycles. The van der Waals surface area contributed by atoms with Gasteiger partial charge in [-0.1, -0.05) is 60.7 Å². The number of hydrogen-bond acceptors (Lipinski definition) is 4. The molecule has 0 spiro atoms. The van der Waals surface area contributed by atoms with Crippen molar-refractivity contribution in [1.29, 1.82) is 0 Å². The number of amides is 2. The van der Waals surface area contributed by atoms with Gasteiger partial charge in [-0.05, 0) is 28.0 Å². The van der Waals surface area contributed by atoms with Gasteiger partial charge < -0.3 is 15.4 Å². The summed E-state index contributed by atoms with van der Waals surface area (Å²) in [6.07, 6.45) is 0.145. The first kappa shape index (κ1) is 22.9. The smallest absolute Gasteiger partial charge is 0.328 e. The third kappa shape index (κ3) is 5.69. The zero-order valence-electron chi connectivity index (χ0n) is 17.9. The van der Waals surface area contributed by atoms with E-state index in [0.29, 0.717) is 0 Å². The third-order valence-corrected chi connectivity index (χ3v) is 5.18. The fourth-order valence-electron chi connectivity index (χ4n) is 3.64. The van der Waals surface area contributed by atoms with E-state index in [1.54, 1.807) is 18.2 Å². The number of benzene rings is 3. The minimum absolute atomic E-state index is 0.0553. The zero-order chi connectivity index (χ0) is 23.1. The van der Waals surface area contributed by atoms with E-state index in [9.17, 15) is 18.8 Å². The van der Waals surface area contributed by atoms with Gasteiger partial charge in [-0.3, -0.25) is 9.59 Å². The third-order valence-electron chi connectivity index (χ3n) is 5.18. The van der Waals surface area contributed by atoms with Crippen LogP contribution in [0.2, 0.25) is 0 Å². The lowest BCUT2D eigenvalue weighted by Crippen LogP contribution is -2.53. The summed E-state index contributed by atoms with van der Waals surface area (Å²) in [5.41, 5.74) is 1.15. The first-order valence-corrected chi connectivity index (χ1v) is 10.2. The first-order valence-electron chi connectivity index (χ1n) is 10.2. The molecule has 6 nitrogen and oxygen atoms in total. The van der Waals surface area contributed by atoms with E-state index < -0.39 is 35.7 Å². The summed E-state index contributed by atoms with van der Waals surface area (Å²) in [7, 11) is 1.25. The number of fused-ring (bicyclic) bond motifs is 1. The zero-order valence-corrected chi connectivity index (χ0v) is 17.9. The Kier molecular flexibility index (Phi) is 7.54. The number of halogens is 1. The Balaban J connectivity index is 1.83. The lowest BCUT2D eigenvalue weighted by atomic mass is 9.98. The van der Waals surface area contributed by atoms with Crippen molar-refractivity contribution >= 4 is 28.6 Å². The molecule has 3 aromatic carbocycles. The van der Waals surface area contributed by atoms with Crippen molar-refractivity contribution in [3.8, 4) is 0 Å². The Morgan fingerprint density at radius 2 is 1.47 bits per heavy atom. The molecule has 0 bridgehead atoms. The highest BCUT2D eigenvalue weighted by Gasteiger charge is 2.28. The van der Waals surface area contributed by atoms with Crippen LogP contribution in [-0.4, -0.2) is 37.0 Å². The number of esters is 1. The highest BCUT2D eigenvalue weighted by atomic mass is 19.1. The number of nitrogens with one attached hydrogen (secondary N) is 2. The predicted octanol–water partition coefficient (Wildman–Crippen LogP) is 2.93. The van der Waals surface area contributed by atoms with Gasteiger partial charge in [-0.15, -0.1) is 0 Å². The van der Waals surface area contributed by atoms with Crippen molar-refractivity contribution in [2.45, 2.75) is 31.8 Å². The summed E-state index contributed by atoms with van der Waals surface area (Å²) >= 11 is 0. The molecule has 0 saturated heterocycles. The van der Waals surface area contributed by atoms with Crippen LogP contribution in [0.1, 0.15) is 18.1 Å². The van der Waals surface area contributed by atoms with Crippen LogP contribution in [0.5, 0.6) is 0 Å². The van der Waals surface area contributed by atoms with Crippen LogP contribution in [-0.2, 0) is 32.0 Å². The summed E-state index contributed by atoms with van der Waals surface area (Å²) in [6, 6.07) is 17.5. The second kappa shape index (κ2) is 10.5. The predicted molar refractivity (Wildman–Crippen MR) is 119 cm³/mol. The highest BCUT2D eigenvalue weighted by Crippen LogP contribution is 2.20. The normalized spacial score (nSPS) is 12.6. The van der Waals surface area contributed by atoms with Crippen molar-refractivity contribution in [1.82, 2.24) is 10.6 Å². The molecule has 2 N–H and O–H groups in total. The van der Waals surface area contributed by atoms with E-state index in [1.165, 1.54) is 20.1 Å². The Labute approximate surface area is 185 Å². The van der Waals surface area contributed by atoms with Crippen LogP contribution >= 0.6 is 0 Å². The number of carbonyl (C=O) groups is 3. The van der Waals surface area contributed by atoms with Gasteiger partial charge in [0, 0.05) is 19.8 Å². The molecule has 7 heteroatoms. The van der Waals surface area contributed by atoms with Crippen LogP contribution in [0.3, 0.4) is 0 Å². The largest absolute Gasteiger partial charge is 0.467 e. The molecular weight excluding hydrogens is 411 g/mol. The monoisotopic (exact) mass is 436 g/mol. The number of methoxy groups -OCH3 is 1. The Bertz CT molecular complexity index is 1130. The molecule has 166 valence electrons. The lowest BCUT2D eigenvalue weighted by molar-refractivity contribution is -0.145. The van der Waals surface area contributed by atoms with E-state index >= 15 is 0 Å². The molecule has 32 heavy (non-hydrogen) atoms. The molecule has 0 unspecified atom stereocenters. The maximum atomic E-state index is 14.1. The second-order valence-corrected chi connectivity index (χ2v) is 7.48. The van der Waals surface area contributed by atoms with E-state index in [-0.39, 0.29) is 18.4 Å². The van der Waals surface area contributed by atoms with E-state index in [0.717, 1.165) is 16.3 Å². The van der Waals surface area contributed by atoms with Crippen LogP contribution in [0.15, 0.2) is 66.7 Å². The van der Waals surface area contributed by atoms with Crippen molar-refractivity contribution in [2.75, 3.05) is 7.11 Å². The van der Waals surface area contributed by atoms with Crippen LogP contribution in [0.25, 0.3) is 10.8 Å². The topological polar surface area (TPSA) is 84.5 Å². The van der Waals surface area contributed by atoms with Crippen molar-refractivity contribution < 1.29 is 23.5 Å². The maximum absolute atomic E-state index is 14.1. The van der Waals surface area contributed by atoms with Gasteiger partial charge in [-0.2, -0.15) is 0 Å². The standard InChI is InChI=1S/C25H25FN2O4/c1-16(29)27-22(15-19-9-4-6-13-21(19)26)24(30)28-23(25(31)32-2)14-18-11-7-10-17-8-3-5-12-20(17)18/h3-13,22-23H,14-15H2,1-2H3,(H,27,29)(H,28,30)/t22-,23-/m1/s1. The fraction of sp³-hybridized carbons (Fsp3) is 0.240. The van der Waals surface area contributed by atoms with Crippen molar-refractivity contribution in [3.63, 3.8) is 0 Å². The van der Waals surface area contributed by atoms with E-state index in [2.05, 4.69) is 10.6 Å². The van der Waals surface area contributed by atoms with Gasteiger partial charge in [0.25, 0.3) is 0 Å². The van der Waals surface area contributed by atoms with Crippen LogP contribution in [0.4, 0.5) is 4.39 Å². The minimum atomic E-state index is -1.05. The molecule has 2 amide bonds. The number of hydrogen-bond donors (Lipinski definition) is 2. The Morgan fingerprint density at radius 1 is 0.844 bits per heavy atom. The van der Waals surface area contributed by atoms with E-state index in [1.807, 2.05) is 42.5 Å². The average molecular weight is 436 g/mol. The van der Waals surface area contributed by atoms with Crippen molar-refractivity contribution in [2.24, 2.45) is 0 Å². The molecule has 3 aromatic rings. The number of rotatable bonds is 8. The minimum Gasteiger partial charge on any atom is -0.467 e. The molecule has 0 radical (unpaired) electrons. The fourth-order valence-corrected chi connectivity index (χ4v) is 3.64.